The van der Waals surface area contributed by atoms with E-state index in [0.29, 0.717) is 0 Å². The fourth-order valence-electron chi connectivity index (χ4n) is 0.841. The summed E-state index contributed by atoms with van der Waals surface area (Å²) in [5, 5.41) is -0.512. The summed E-state index contributed by atoms with van der Waals surface area (Å²) in [7, 11) is 0. The van der Waals surface area contributed by atoms with Crippen LogP contribution < -0.4 is 5.84 Å². The minimum absolute atomic E-state index is 0.345. The number of hydrogen-bond acceptors (Lipinski definition) is 4. The van der Waals surface area contributed by atoms with Gasteiger partial charge in [-0.3, -0.25) is 14.6 Å². The van der Waals surface area contributed by atoms with Crippen molar-refractivity contribution in [3.8, 4) is 0 Å². The fourth-order valence-corrected chi connectivity index (χ4v) is 0.841. The molecule has 0 spiro atoms. The molecular weight excluding hydrogens is 227 g/mol. The summed E-state index contributed by atoms with van der Waals surface area (Å²) in [5.41, 5.74) is -0.345. The molecule has 0 atom stereocenters. The minimum atomic E-state index is -5.20. The molecule has 0 saturated heterocycles. The van der Waals surface area contributed by atoms with Crippen molar-refractivity contribution in [1.29, 1.82) is 0 Å². The summed E-state index contributed by atoms with van der Waals surface area (Å²) >= 11 is 0. The Morgan fingerprint density at radius 2 is 1.94 bits per heavy atom. The second-order valence-electron chi connectivity index (χ2n) is 2.69. The topological polar surface area (TPSA) is 76.3 Å². The van der Waals surface area contributed by atoms with Crippen molar-refractivity contribution in [3.05, 3.63) is 30.1 Å². The van der Waals surface area contributed by atoms with E-state index in [0.717, 1.165) is 6.07 Å². The van der Waals surface area contributed by atoms with E-state index in [1.54, 1.807) is 0 Å². The maximum Gasteiger partial charge on any atom is 0.473 e. The average Bonchev–Trinajstić information content (AvgIpc) is 2.26. The Morgan fingerprint density at radius 1 is 1.31 bits per heavy atom. The molecule has 2 amide bonds. The van der Waals surface area contributed by atoms with Gasteiger partial charge in [0.2, 0.25) is 0 Å². The summed E-state index contributed by atoms with van der Waals surface area (Å²) in [6.45, 7) is 0. The number of alkyl halides is 3. The summed E-state index contributed by atoms with van der Waals surface area (Å²) < 4.78 is 35.8. The number of nitrogens with two attached hydrogens (primary N) is 1. The standard InChI is InChI=1S/C8H6F3N3O2/c9-8(10,11)7(16)14(12)6(15)5-3-1-2-4-13-5/h1-4H,12H2. The molecule has 0 radical (unpaired) electrons. The van der Waals surface area contributed by atoms with Crippen LogP contribution in [0.4, 0.5) is 13.2 Å². The Morgan fingerprint density at radius 3 is 2.38 bits per heavy atom. The van der Waals surface area contributed by atoms with Gasteiger partial charge in [-0.25, -0.2) is 10.9 Å². The van der Waals surface area contributed by atoms with Crippen molar-refractivity contribution < 1.29 is 22.8 Å². The summed E-state index contributed by atoms with van der Waals surface area (Å²) in [6.07, 6.45) is -4.00. The van der Waals surface area contributed by atoms with Crippen LogP contribution in [0.3, 0.4) is 0 Å². The highest BCUT2D eigenvalue weighted by Gasteiger charge is 2.44. The van der Waals surface area contributed by atoms with Crippen LogP contribution in [0, 0.1) is 0 Å². The van der Waals surface area contributed by atoms with Crippen molar-refractivity contribution in [2.45, 2.75) is 6.18 Å². The third-order valence-electron chi connectivity index (χ3n) is 1.56. The van der Waals surface area contributed by atoms with E-state index >= 15 is 0 Å². The van der Waals surface area contributed by atoms with Gasteiger partial charge >= 0.3 is 12.1 Å². The van der Waals surface area contributed by atoms with Crippen molar-refractivity contribution in [3.63, 3.8) is 0 Å². The molecule has 0 fully saturated rings. The first-order valence-corrected chi connectivity index (χ1v) is 3.95. The van der Waals surface area contributed by atoms with Crippen molar-refractivity contribution >= 4 is 11.8 Å². The summed E-state index contributed by atoms with van der Waals surface area (Å²) in [5.74, 6) is 0.995. The molecule has 86 valence electrons. The van der Waals surface area contributed by atoms with Crippen LogP contribution in [0.25, 0.3) is 0 Å². The van der Waals surface area contributed by atoms with Crippen LogP contribution in [-0.2, 0) is 4.79 Å². The zero-order chi connectivity index (χ0) is 12.3. The number of rotatable bonds is 1. The maximum atomic E-state index is 11.9. The molecule has 16 heavy (non-hydrogen) atoms. The van der Waals surface area contributed by atoms with Gasteiger partial charge in [-0.2, -0.15) is 13.2 Å². The van der Waals surface area contributed by atoms with E-state index < -0.39 is 23.0 Å². The Labute approximate surface area is 87.6 Å². The van der Waals surface area contributed by atoms with E-state index in [1.165, 1.54) is 18.3 Å². The molecule has 1 heterocycles. The molecule has 0 saturated carbocycles. The van der Waals surface area contributed by atoms with Crippen molar-refractivity contribution in [2.75, 3.05) is 0 Å². The molecule has 0 aliphatic carbocycles. The highest BCUT2D eigenvalue weighted by Crippen LogP contribution is 2.17. The van der Waals surface area contributed by atoms with Gasteiger partial charge in [0.15, 0.2) is 0 Å². The highest BCUT2D eigenvalue weighted by atomic mass is 19.4. The van der Waals surface area contributed by atoms with E-state index in [-0.39, 0.29) is 5.69 Å². The van der Waals surface area contributed by atoms with Gasteiger partial charge in [-0.15, -0.1) is 0 Å². The largest absolute Gasteiger partial charge is 0.473 e. The molecule has 0 unspecified atom stereocenters. The van der Waals surface area contributed by atoms with Gasteiger partial charge in [0, 0.05) is 6.20 Å². The Bertz CT molecular complexity index is 405. The second kappa shape index (κ2) is 4.27. The first-order valence-electron chi connectivity index (χ1n) is 3.95. The smallest absolute Gasteiger partial charge is 0.265 e. The fraction of sp³-hybridized carbons (Fsp3) is 0.125. The van der Waals surface area contributed by atoms with Crippen LogP contribution in [0.15, 0.2) is 24.4 Å². The first kappa shape index (κ1) is 12.1. The second-order valence-corrected chi connectivity index (χ2v) is 2.69. The molecule has 0 aliphatic rings. The maximum absolute atomic E-state index is 11.9. The number of aromatic nitrogens is 1. The number of pyridine rings is 1. The third-order valence-corrected chi connectivity index (χ3v) is 1.56. The van der Waals surface area contributed by atoms with E-state index in [2.05, 4.69) is 4.98 Å². The normalized spacial score (nSPS) is 11.0. The average molecular weight is 233 g/mol. The first-order chi connectivity index (χ1) is 7.34. The number of halogens is 3. The van der Waals surface area contributed by atoms with Gasteiger partial charge in [-0.1, -0.05) is 6.07 Å². The van der Waals surface area contributed by atoms with Crippen LogP contribution in [0.5, 0.6) is 0 Å². The molecule has 1 aromatic rings. The lowest BCUT2D eigenvalue weighted by Crippen LogP contribution is -2.49. The predicted molar refractivity (Wildman–Crippen MR) is 45.7 cm³/mol. The number of carbonyl (C=O) groups is 2. The van der Waals surface area contributed by atoms with E-state index in [1.807, 2.05) is 0 Å². The molecule has 0 aromatic carbocycles. The summed E-state index contributed by atoms with van der Waals surface area (Å²) in [4.78, 5) is 25.3. The SMILES string of the molecule is NN(C(=O)c1ccccn1)C(=O)C(F)(F)F. The molecule has 2 N–H and O–H groups in total. The number of carbonyl (C=O) groups excluding carboxylic acids is 2. The number of nitrogens with zero attached hydrogens (tertiary/aromatic N) is 2. The monoisotopic (exact) mass is 233 g/mol. The lowest BCUT2D eigenvalue weighted by molar-refractivity contribution is -0.182. The van der Waals surface area contributed by atoms with Crippen LogP contribution in [-0.4, -0.2) is 28.0 Å². The zero-order valence-electron chi connectivity index (χ0n) is 7.73. The van der Waals surface area contributed by atoms with Crippen LogP contribution >= 0.6 is 0 Å². The minimum Gasteiger partial charge on any atom is -0.265 e. The van der Waals surface area contributed by atoms with Crippen molar-refractivity contribution in [2.24, 2.45) is 5.84 Å². The molecule has 0 aliphatic heterocycles. The molecule has 8 heteroatoms. The van der Waals surface area contributed by atoms with Gasteiger partial charge in [0.1, 0.15) is 5.69 Å². The predicted octanol–water partition coefficient (Wildman–Crippen LogP) is 0.486. The van der Waals surface area contributed by atoms with Crippen molar-refractivity contribution in [1.82, 2.24) is 9.99 Å². The Balaban J connectivity index is 2.88. The quantitative estimate of drug-likeness (QED) is 0.435. The molecule has 1 aromatic heterocycles. The Hall–Kier alpha value is -1.96. The van der Waals surface area contributed by atoms with Gasteiger partial charge < -0.3 is 0 Å². The lowest BCUT2D eigenvalue weighted by atomic mass is 10.3. The molecular formula is C8H6F3N3O2. The van der Waals surface area contributed by atoms with Gasteiger partial charge in [0.25, 0.3) is 5.91 Å². The van der Waals surface area contributed by atoms with E-state index in [9.17, 15) is 22.8 Å². The Kier molecular flexibility index (Phi) is 3.23. The number of hydrogen-bond donors (Lipinski definition) is 1. The van der Waals surface area contributed by atoms with Gasteiger partial charge in [-0.05, 0) is 12.1 Å². The molecule has 0 bridgehead atoms. The molecule has 1 rings (SSSR count). The molecule has 5 nitrogen and oxygen atoms in total. The van der Waals surface area contributed by atoms with Gasteiger partial charge in [0.05, 0.1) is 0 Å². The third kappa shape index (κ3) is 2.54. The highest BCUT2D eigenvalue weighted by molar-refractivity contribution is 6.04. The number of hydrazine groups is 1. The van der Waals surface area contributed by atoms with Crippen LogP contribution in [0.1, 0.15) is 10.5 Å². The van der Waals surface area contributed by atoms with E-state index in [4.69, 9.17) is 5.84 Å². The number of imide groups is 1. The lowest BCUT2D eigenvalue weighted by Gasteiger charge is -2.15. The summed E-state index contributed by atoms with van der Waals surface area (Å²) in [6, 6.07) is 3.99. The van der Waals surface area contributed by atoms with Crippen LogP contribution in [0.2, 0.25) is 0 Å². The number of amides is 2. The zero-order valence-corrected chi connectivity index (χ0v) is 7.73.